The highest BCUT2D eigenvalue weighted by Gasteiger charge is 2.15. The summed E-state index contributed by atoms with van der Waals surface area (Å²) in [5.74, 6) is -1.72. The van der Waals surface area contributed by atoms with Crippen molar-refractivity contribution >= 4 is 17.3 Å². The third-order valence-corrected chi connectivity index (χ3v) is 2.56. The van der Waals surface area contributed by atoms with Crippen LogP contribution < -0.4 is 11.5 Å². The molecule has 5 N–H and O–H groups in total. The van der Waals surface area contributed by atoms with E-state index in [1.54, 1.807) is 0 Å². The SMILES string of the molecule is Nc1ccc(-c2cc(N)ccc2C(=O)O)c(F)c1. The van der Waals surface area contributed by atoms with Gasteiger partial charge in [-0.15, -0.1) is 0 Å². The Morgan fingerprint density at radius 2 is 1.61 bits per heavy atom. The Labute approximate surface area is 103 Å². The smallest absolute Gasteiger partial charge is 0.336 e. The molecule has 0 radical (unpaired) electrons. The molecule has 92 valence electrons. The van der Waals surface area contributed by atoms with E-state index in [9.17, 15) is 9.18 Å². The minimum absolute atomic E-state index is 0.00660. The van der Waals surface area contributed by atoms with Crippen molar-refractivity contribution in [3.05, 3.63) is 47.8 Å². The van der Waals surface area contributed by atoms with Gasteiger partial charge in [-0.1, -0.05) is 0 Å². The number of nitrogens with two attached hydrogens (primary N) is 2. The summed E-state index contributed by atoms with van der Waals surface area (Å²) in [5, 5.41) is 9.08. The van der Waals surface area contributed by atoms with E-state index in [0.29, 0.717) is 5.69 Å². The number of hydrogen-bond acceptors (Lipinski definition) is 3. The van der Waals surface area contributed by atoms with E-state index in [-0.39, 0.29) is 22.4 Å². The van der Waals surface area contributed by atoms with Crippen LogP contribution in [0.4, 0.5) is 15.8 Å². The van der Waals surface area contributed by atoms with Crippen molar-refractivity contribution in [1.82, 2.24) is 0 Å². The van der Waals surface area contributed by atoms with Crippen LogP contribution in [0.15, 0.2) is 36.4 Å². The van der Waals surface area contributed by atoms with E-state index in [0.717, 1.165) is 6.07 Å². The number of carbonyl (C=O) groups is 1. The zero-order valence-corrected chi connectivity index (χ0v) is 9.35. The molecule has 18 heavy (non-hydrogen) atoms. The molecule has 0 amide bonds. The van der Waals surface area contributed by atoms with Crippen molar-refractivity contribution in [2.75, 3.05) is 11.5 Å². The molecule has 0 heterocycles. The molecule has 0 saturated carbocycles. The molecule has 0 atom stereocenters. The van der Waals surface area contributed by atoms with Gasteiger partial charge in [0.1, 0.15) is 5.82 Å². The summed E-state index contributed by atoms with van der Waals surface area (Å²) in [6.45, 7) is 0. The molecule has 0 aliphatic rings. The van der Waals surface area contributed by atoms with Crippen LogP contribution in [0, 0.1) is 5.82 Å². The topological polar surface area (TPSA) is 89.3 Å². The van der Waals surface area contributed by atoms with Crippen LogP contribution in [0.25, 0.3) is 11.1 Å². The van der Waals surface area contributed by atoms with Crippen LogP contribution in [-0.2, 0) is 0 Å². The van der Waals surface area contributed by atoms with Crippen LogP contribution in [0.3, 0.4) is 0 Å². The second-order valence-corrected chi connectivity index (χ2v) is 3.85. The van der Waals surface area contributed by atoms with Crippen LogP contribution in [0.2, 0.25) is 0 Å². The number of nitrogen functional groups attached to an aromatic ring is 2. The second kappa shape index (κ2) is 4.37. The predicted octanol–water partition coefficient (Wildman–Crippen LogP) is 2.36. The molecule has 0 saturated heterocycles. The first-order valence-corrected chi connectivity index (χ1v) is 5.17. The lowest BCUT2D eigenvalue weighted by Gasteiger charge is -2.09. The van der Waals surface area contributed by atoms with Crippen molar-refractivity contribution in [2.45, 2.75) is 0 Å². The van der Waals surface area contributed by atoms with Crippen molar-refractivity contribution < 1.29 is 14.3 Å². The fraction of sp³-hybridized carbons (Fsp3) is 0. The van der Waals surface area contributed by atoms with Crippen LogP contribution in [0.1, 0.15) is 10.4 Å². The van der Waals surface area contributed by atoms with Gasteiger partial charge in [0, 0.05) is 22.5 Å². The number of carboxylic acids is 1. The van der Waals surface area contributed by atoms with E-state index >= 15 is 0 Å². The minimum atomic E-state index is -1.14. The predicted molar refractivity (Wildman–Crippen MR) is 67.6 cm³/mol. The summed E-state index contributed by atoms with van der Waals surface area (Å²) in [6.07, 6.45) is 0. The van der Waals surface area contributed by atoms with E-state index in [4.69, 9.17) is 16.6 Å². The molecule has 5 heteroatoms. The molecule has 2 rings (SSSR count). The Morgan fingerprint density at radius 1 is 1.00 bits per heavy atom. The molecule has 0 aliphatic heterocycles. The quantitative estimate of drug-likeness (QED) is 0.709. The largest absolute Gasteiger partial charge is 0.478 e. The van der Waals surface area contributed by atoms with Gasteiger partial charge in [0.2, 0.25) is 0 Å². The summed E-state index contributed by atoms with van der Waals surface area (Å²) in [6, 6.07) is 8.33. The first kappa shape index (κ1) is 11.9. The van der Waals surface area contributed by atoms with E-state index < -0.39 is 11.8 Å². The zero-order chi connectivity index (χ0) is 13.3. The third-order valence-electron chi connectivity index (χ3n) is 2.56. The van der Waals surface area contributed by atoms with Gasteiger partial charge in [-0.05, 0) is 36.4 Å². The normalized spacial score (nSPS) is 10.3. The summed E-state index contributed by atoms with van der Waals surface area (Å²) < 4.78 is 13.8. The van der Waals surface area contributed by atoms with E-state index in [1.807, 2.05) is 0 Å². The number of rotatable bonds is 2. The third kappa shape index (κ3) is 2.10. The van der Waals surface area contributed by atoms with Gasteiger partial charge in [-0.2, -0.15) is 0 Å². The van der Waals surface area contributed by atoms with Crippen LogP contribution in [0.5, 0.6) is 0 Å². The fourth-order valence-corrected chi connectivity index (χ4v) is 1.72. The Morgan fingerprint density at radius 3 is 2.22 bits per heavy atom. The summed E-state index contributed by atoms with van der Waals surface area (Å²) >= 11 is 0. The molecule has 2 aromatic carbocycles. The molecule has 0 bridgehead atoms. The highest BCUT2D eigenvalue weighted by molar-refractivity contribution is 5.97. The molecule has 0 aliphatic carbocycles. The molecule has 4 nitrogen and oxygen atoms in total. The van der Waals surface area contributed by atoms with E-state index in [2.05, 4.69) is 0 Å². The zero-order valence-electron chi connectivity index (χ0n) is 9.35. The van der Waals surface area contributed by atoms with Gasteiger partial charge in [0.25, 0.3) is 0 Å². The average molecular weight is 246 g/mol. The standard InChI is InChI=1S/C13H11FN2O2/c14-12-6-8(16)1-3-9(12)11-5-7(15)2-4-10(11)13(17)18/h1-6H,15-16H2,(H,17,18). The Kier molecular flexibility index (Phi) is 2.89. The number of aromatic carboxylic acids is 1. The molecule has 2 aromatic rings. The van der Waals surface area contributed by atoms with Gasteiger partial charge in [0.05, 0.1) is 5.56 Å². The highest BCUT2D eigenvalue weighted by atomic mass is 19.1. The average Bonchev–Trinajstić information content (AvgIpc) is 2.28. The molecular weight excluding hydrogens is 235 g/mol. The first-order valence-electron chi connectivity index (χ1n) is 5.17. The minimum Gasteiger partial charge on any atom is -0.478 e. The number of benzene rings is 2. The molecule has 0 unspecified atom stereocenters. The van der Waals surface area contributed by atoms with Gasteiger partial charge in [-0.3, -0.25) is 0 Å². The fourth-order valence-electron chi connectivity index (χ4n) is 1.72. The number of carboxylic acid groups (broad SMARTS) is 1. The maximum Gasteiger partial charge on any atom is 0.336 e. The van der Waals surface area contributed by atoms with Crippen molar-refractivity contribution in [2.24, 2.45) is 0 Å². The van der Waals surface area contributed by atoms with Crippen molar-refractivity contribution in [3.63, 3.8) is 0 Å². The first-order chi connectivity index (χ1) is 8.49. The van der Waals surface area contributed by atoms with Crippen molar-refractivity contribution in [3.8, 4) is 11.1 Å². The summed E-state index contributed by atoms with van der Waals surface area (Å²) in [7, 11) is 0. The lowest BCUT2D eigenvalue weighted by Crippen LogP contribution is -2.02. The molecule has 0 aromatic heterocycles. The van der Waals surface area contributed by atoms with Gasteiger partial charge < -0.3 is 16.6 Å². The Hall–Kier alpha value is -2.56. The molecule has 0 spiro atoms. The van der Waals surface area contributed by atoms with Gasteiger partial charge >= 0.3 is 5.97 Å². The van der Waals surface area contributed by atoms with E-state index in [1.165, 1.54) is 30.3 Å². The number of hydrogen-bond donors (Lipinski definition) is 3. The summed E-state index contributed by atoms with van der Waals surface area (Å²) in [4.78, 5) is 11.1. The van der Waals surface area contributed by atoms with Crippen molar-refractivity contribution in [1.29, 1.82) is 0 Å². The maximum atomic E-state index is 13.8. The lowest BCUT2D eigenvalue weighted by atomic mass is 9.98. The van der Waals surface area contributed by atoms with Crippen LogP contribution in [-0.4, -0.2) is 11.1 Å². The molecule has 0 fully saturated rings. The number of anilines is 2. The summed E-state index contributed by atoms with van der Waals surface area (Å²) in [5.41, 5.74) is 12.1. The second-order valence-electron chi connectivity index (χ2n) is 3.85. The molecular formula is C13H11FN2O2. The highest BCUT2D eigenvalue weighted by Crippen LogP contribution is 2.29. The van der Waals surface area contributed by atoms with Crippen LogP contribution >= 0.6 is 0 Å². The Bertz CT molecular complexity index is 626. The van der Waals surface area contributed by atoms with Gasteiger partial charge in [0.15, 0.2) is 0 Å². The lowest BCUT2D eigenvalue weighted by molar-refractivity contribution is 0.0698. The Balaban J connectivity index is 2.69. The van der Waals surface area contributed by atoms with Gasteiger partial charge in [-0.25, -0.2) is 9.18 Å². The maximum absolute atomic E-state index is 13.8. The monoisotopic (exact) mass is 246 g/mol. The number of halogens is 1.